The van der Waals surface area contributed by atoms with Gasteiger partial charge in [-0.3, -0.25) is 0 Å². The van der Waals surface area contributed by atoms with Crippen molar-refractivity contribution in [2.45, 2.75) is 83.5 Å². The normalized spacial score (nSPS) is 16.4. The molecule has 34 heavy (non-hydrogen) atoms. The SMILES string of the molecule is CCCCC(CCC)C1(c2ccc(-c3cnc(-c4ccc(F)c(F)c4)nc3)cc2)CCCCC1. The van der Waals surface area contributed by atoms with Crippen LogP contribution in [0.25, 0.3) is 22.5 Å². The van der Waals surface area contributed by atoms with Gasteiger partial charge in [-0.2, -0.15) is 0 Å². The molecule has 4 rings (SSSR count). The van der Waals surface area contributed by atoms with E-state index >= 15 is 0 Å². The molecule has 1 unspecified atom stereocenters. The molecule has 4 heteroatoms. The van der Waals surface area contributed by atoms with E-state index in [2.05, 4.69) is 48.1 Å². The molecule has 1 aliphatic rings. The molecule has 0 bridgehead atoms. The molecule has 0 N–H and O–H groups in total. The molecule has 1 heterocycles. The van der Waals surface area contributed by atoms with Crippen molar-refractivity contribution in [3.63, 3.8) is 0 Å². The predicted octanol–water partition coefficient (Wildman–Crippen LogP) is 8.90. The molecule has 1 aromatic heterocycles. The highest BCUT2D eigenvalue weighted by Crippen LogP contribution is 2.49. The molecule has 2 aromatic carbocycles. The fourth-order valence-corrected chi connectivity index (χ4v) is 5.87. The summed E-state index contributed by atoms with van der Waals surface area (Å²) < 4.78 is 26.8. The van der Waals surface area contributed by atoms with Crippen LogP contribution in [-0.2, 0) is 5.41 Å². The number of hydrogen-bond acceptors (Lipinski definition) is 2. The first-order valence-electron chi connectivity index (χ1n) is 13.0. The van der Waals surface area contributed by atoms with Gasteiger partial charge in [0, 0.05) is 23.5 Å². The minimum absolute atomic E-state index is 0.301. The summed E-state index contributed by atoms with van der Waals surface area (Å²) in [5, 5.41) is 0. The zero-order valence-electron chi connectivity index (χ0n) is 20.5. The van der Waals surface area contributed by atoms with E-state index < -0.39 is 11.6 Å². The maximum Gasteiger partial charge on any atom is 0.159 e. The number of benzene rings is 2. The van der Waals surface area contributed by atoms with Gasteiger partial charge in [-0.25, -0.2) is 18.7 Å². The van der Waals surface area contributed by atoms with E-state index in [0.29, 0.717) is 16.8 Å². The molecule has 0 amide bonds. The highest BCUT2D eigenvalue weighted by molar-refractivity contribution is 5.64. The first kappa shape index (κ1) is 24.5. The standard InChI is InChI=1S/C30H36F2N2/c1-3-5-10-25(9-4-2)30(17-7-6-8-18-30)26-14-11-22(12-15-26)24-20-33-29(34-21-24)23-13-16-27(31)28(32)19-23/h11-16,19-21,25H,3-10,17-18H2,1-2H3. The lowest BCUT2D eigenvalue weighted by atomic mass is 9.60. The summed E-state index contributed by atoms with van der Waals surface area (Å²) in [6.45, 7) is 4.62. The minimum atomic E-state index is -0.891. The molecule has 1 saturated carbocycles. The quantitative estimate of drug-likeness (QED) is 0.317. The Bertz CT molecular complexity index is 1050. The van der Waals surface area contributed by atoms with Gasteiger partial charge in [0.05, 0.1) is 0 Å². The summed E-state index contributed by atoms with van der Waals surface area (Å²) in [5.41, 5.74) is 4.26. The third-order valence-electron chi connectivity index (χ3n) is 7.69. The average Bonchev–Trinajstić information content (AvgIpc) is 2.89. The largest absolute Gasteiger partial charge is 0.236 e. The fraction of sp³-hybridized carbons (Fsp3) is 0.467. The van der Waals surface area contributed by atoms with E-state index in [9.17, 15) is 8.78 Å². The van der Waals surface area contributed by atoms with Crippen molar-refractivity contribution in [3.8, 4) is 22.5 Å². The van der Waals surface area contributed by atoms with Crippen LogP contribution in [0.3, 0.4) is 0 Å². The zero-order valence-corrected chi connectivity index (χ0v) is 20.5. The van der Waals surface area contributed by atoms with E-state index in [4.69, 9.17) is 0 Å². The second-order valence-corrected chi connectivity index (χ2v) is 9.85. The molecule has 180 valence electrons. The highest BCUT2D eigenvalue weighted by Gasteiger charge is 2.40. The van der Waals surface area contributed by atoms with E-state index in [0.717, 1.165) is 29.2 Å². The molecule has 2 nitrogen and oxygen atoms in total. The molecule has 0 radical (unpaired) electrons. The number of hydrogen-bond donors (Lipinski definition) is 0. The Morgan fingerprint density at radius 3 is 2.06 bits per heavy atom. The average molecular weight is 463 g/mol. The Hall–Kier alpha value is -2.62. The van der Waals surface area contributed by atoms with E-state index in [1.165, 1.54) is 75.8 Å². The maximum absolute atomic E-state index is 13.6. The van der Waals surface area contributed by atoms with E-state index in [-0.39, 0.29) is 0 Å². The second kappa shape index (κ2) is 11.2. The Balaban J connectivity index is 1.58. The molecule has 0 spiro atoms. The summed E-state index contributed by atoms with van der Waals surface area (Å²) in [5.74, 6) is -0.620. The fourth-order valence-electron chi connectivity index (χ4n) is 5.87. The molecular formula is C30H36F2N2. The predicted molar refractivity (Wildman–Crippen MR) is 136 cm³/mol. The van der Waals surface area contributed by atoms with Gasteiger partial charge in [0.25, 0.3) is 0 Å². The third-order valence-corrected chi connectivity index (χ3v) is 7.69. The Labute approximate surface area is 202 Å². The number of unbranched alkanes of at least 4 members (excludes halogenated alkanes) is 1. The van der Waals surface area contributed by atoms with Crippen molar-refractivity contribution in [2.75, 3.05) is 0 Å². The van der Waals surface area contributed by atoms with Crippen molar-refractivity contribution in [2.24, 2.45) is 5.92 Å². The van der Waals surface area contributed by atoms with Gasteiger partial charge in [0.1, 0.15) is 0 Å². The first-order valence-corrected chi connectivity index (χ1v) is 13.0. The molecule has 1 atom stereocenters. The van der Waals surface area contributed by atoms with Crippen molar-refractivity contribution < 1.29 is 8.78 Å². The summed E-state index contributed by atoms with van der Waals surface area (Å²) >= 11 is 0. The smallest absolute Gasteiger partial charge is 0.159 e. The topological polar surface area (TPSA) is 25.8 Å². The van der Waals surface area contributed by atoms with Crippen LogP contribution >= 0.6 is 0 Å². The highest BCUT2D eigenvalue weighted by atomic mass is 19.2. The van der Waals surface area contributed by atoms with Crippen molar-refractivity contribution in [3.05, 3.63) is 72.1 Å². The number of aromatic nitrogens is 2. The number of halogens is 2. The molecule has 0 aliphatic heterocycles. The van der Waals surface area contributed by atoms with Crippen LogP contribution in [0, 0.1) is 17.6 Å². The number of rotatable bonds is 9. The van der Waals surface area contributed by atoms with Crippen LogP contribution in [0.2, 0.25) is 0 Å². The van der Waals surface area contributed by atoms with Crippen molar-refractivity contribution >= 4 is 0 Å². The third kappa shape index (κ3) is 5.21. The zero-order chi connectivity index (χ0) is 24.0. The second-order valence-electron chi connectivity index (χ2n) is 9.85. The molecule has 1 fully saturated rings. The summed E-state index contributed by atoms with van der Waals surface area (Å²) in [7, 11) is 0. The maximum atomic E-state index is 13.6. The Morgan fingerprint density at radius 1 is 0.765 bits per heavy atom. The Morgan fingerprint density at radius 2 is 1.44 bits per heavy atom. The molecular weight excluding hydrogens is 426 g/mol. The van der Waals surface area contributed by atoms with Crippen LogP contribution in [0.5, 0.6) is 0 Å². The van der Waals surface area contributed by atoms with Gasteiger partial charge in [0.2, 0.25) is 0 Å². The summed E-state index contributed by atoms with van der Waals surface area (Å²) in [6.07, 6.45) is 16.6. The number of nitrogens with zero attached hydrogens (tertiary/aromatic N) is 2. The van der Waals surface area contributed by atoms with E-state index in [1.54, 1.807) is 12.4 Å². The summed E-state index contributed by atoms with van der Waals surface area (Å²) in [6, 6.07) is 12.8. The van der Waals surface area contributed by atoms with Crippen molar-refractivity contribution in [1.29, 1.82) is 0 Å². The summed E-state index contributed by atoms with van der Waals surface area (Å²) in [4.78, 5) is 8.82. The molecule has 0 saturated heterocycles. The minimum Gasteiger partial charge on any atom is -0.236 e. The molecule has 1 aliphatic carbocycles. The van der Waals surface area contributed by atoms with Gasteiger partial charge in [-0.15, -0.1) is 0 Å². The van der Waals surface area contributed by atoms with Crippen LogP contribution in [0.4, 0.5) is 8.78 Å². The lowest BCUT2D eigenvalue weighted by molar-refractivity contribution is 0.166. The van der Waals surface area contributed by atoms with Gasteiger partial charge in [-0.1, -0.05) is 76.6 Å². The van der Waals surface area contributed by atoms with E-state index in [1.807, 2.05) is 0 Å². The van der Waals surface area contributed by atoms with Crippen LogP contribution in [0.1, 0.15) is 83.6 Å². The van der Waals surface area contributed by atoms with Crippen LogP contribution in [0.15, 0.2) is 54.9 Å². The van der Waals surface area contributed by atoms with Gasteiger partial charge >= 0.3 is 0 Å². The van der Waals surface area contributed by atoms with Gasteiger partial charge in [-0.05, 0) is 66.3 Å². The lowest BCUT2D eigenvalue weighted by Gasteiger charge is -2.45. The van der Waals surface area contributed by atoms with Crippen LogP contribution in [-0.4, -0.2) is 9.97 Å². The Kier molecular flexibility index (Phi) is 8.07. The lowest BCUT2D eigenvalue weighted by Crippen LogP contribution is -2.37. The molecule has 3 aromatic rings. The first-order chi connectivity index (χ1) is 16.6. The van der Waals surface area contributed by atoms with Crippen LogP contribution < -0.4 is 0 Å². The van der Waals surface area contributed by atoms with Gasteiger partial charge in [0.15, 0.2) is 17.5 Å². The van der Waals surface area contributed by atoms with Crippen molar-refractivity contribution in [1.82, 2.24) is 9.97 Å². The monoisotopic (exact) mass is 462 g/mol. The van der Waals surface area contributed by atoms with Gasteiger partial charge < -0.3 is 0 Å².